The molecule has 0 aromatic heterocycles. The SMILES string of the molecule is CCNC(=NCc1ccc(CN2CCC(O)CC2)cc1)NCCOCC. The first kappa shape index (κ1) is 20.7. The Morgan fingerprint density at radius 1 is 1.15 bits per heavy atom. The molecule has 1 aliphatic rings. The van der Waals surface area contributed by atoms with Gasteiger partial charge in [-0.05, 0) is 37.8 Å². The van der Waals surface area contributed by atoms with Crippen LogP contribution in [-0.4, -0.2) is 61.5 Å². The summed E-state index contributed by atoms with van der Waals surface area (Å²) in [6.45, 7) is 10.6. The molecule has 2 rings (SSSR count). The van der Waals surface area contributed by atoms with Crippen LogP contribution in [-0.2, 0) is 17.8 Å². The first-order valence-electron chi connectivity index (χ1n) is 9.79. The number of hydrogen-bond donors (Lipinski definition) is 3. The number of rotatable bonds is 9. The van der Waals surface area contributed by atoms with E-state index in [0.29, 0.717) is 13.2 Å². The van der Waals surface area contributed by atoms with Gasteiger partial charge in [0.2, 0.25) is 0 Å². The maximum atomic E-state index is 9.60. The van der Waals surface area contributed by atoms with Crippen LogP contribution in [0.25, 0.3) is 0 Å². The minimum atomic E-state index is -0.112. The molecule has 6 heteroatoms. The van der Waals surface area contributed by atoms with E-state index in [-0.39, 0.29) is 6.10 Å². The van der Waals surface area contributed by atoms with Crippen molar-refractivity contribution in [3.63, 3.8) is 0 Å². The Morgan fingerprint density at radius 2 is 1.85 bits per heavy atom. The van der Waals surface area contributed by atoms with Crippen molar-refractivity contribution in [2.75, 3.05) is 39.4 Å². The Bertz CT molecular complexity index is 525. The molecule has 1 heterocycles. The lowest BCUT2D eigenvalue weighted by molar-refractivity contribution is 0.0792. The van der Waals surface area contributed by atoms with E-state index in [1.54, 1.807) is 0 Å². The van der Waals surface area contributed by atoms with E-state index in [9.17, 15) is 5.11 Å². The van der Waals surface area contributed by atoms with E-state index in [0.717, 1.165) is 58.1 Å². The molecule has 0 atom stereocenters. The number of aliphatic hydroxyl groups excluding tert-OH is 1. The fourth-order valence-corrected chi connectivity index (χ4v) is 2.98. The molecule has 0 amide bonds. The fourth-order valence-electron chi connectivity index (χ4n) is 2.98. The van der Waals surface area contributed by atoms with Crippen LogP contribution in [0.2, 0.25) is 0 Å². The largest absolute Gasteiger partial charge is 0.393 e. The first-order valence-corrected chi connectivity index (χ1v) is 9.79. The van der Waals surface area contributed by atoms with Gasteiger partial charge in [-0.2, -0.15) is 0 Å². The number of ether oxygens (including phenoxy) is 1. The molecule has 3 N–H and O–H groups in total. The van der Waals surface area contributed by atoms with Gasteiger partial charge in [0.1, 0.15) is 0 Å². The topological polar surface area (TPSA) is 69.1 Å². The molecule has 1 aliphatic heterocycles. The van der Waals surface area contributed by atoms with Crippen LogP contribution in [0.3, 0.4) is 0 Å². The highest BCUT2D eigenvalue weighted by Gasteiger charge is 2.16. The number of aliphatic hydroxyl groups is 1. The second kappa shape index (κ2) is 11.9. The summed E-state index contributed by atoms with van der Waals surface area (Å²) in [5.41, 5.74) is 2.51. The van der Waals surface area contributed by atoms with E-state index in [1.165, 1.54) is 11.1 Å². The maximum Gasteiger partial charge on any atom is 0.191 e. The highest BCUT2D eigenvalue weighted by molar-refractivity contribution is 5.79. The predicted octanol–water partition coefficient (Wildman–Crippen LogP) is 1.73. The van der Waals surface area contributed by atoms with Crippen molar-refractivity contribution in [1.82, 2.24) is 15.5 Å². The molecule has 1 fully saturated rings. The minimum Gasteiger partial charge on any atom is -0.393 e. The van der Waals surface area contributed by atoms with Gasteiger partial charge >= 0.3 is 0 Å². The zero-order chi connectivity index (χ0) is 18.6. The van der Waals surface area contributed by atoms with Crippen molar-refractivity contribution in [2.24, 2.45) is 4.99 Å². The van der Waals surface area contributed by atoms with E-state index in [4.69, 9.17) is 4.74 Å². The van der Waals surface area contributed by atoms with E-state index in [2.05, 4.69) is 51.7 Å². The molecule has 0 radical (unpaired) electrons. The maximum absolute atomic E-state index is 9.60. The number of piperidine rings is 1. The van der Waals surface area contributed by atoms with Crippen LogP contribution < -0.4 is 10.6 Å². The van der Waals surface area contributed by atoms with Gasteiger partial charge in [-0.15, -0.1) is 0 Å². The molecule has 1 aromatic carbocycles. The third kappa shape index (κ3) is 7.72. The number of nitrogens with one attached hydrogen (secondary N) is 2. The summed E-state index contributed by atoms with van der Waals surface area (Å²) in [5.74, 6) is 0.822. The molecule has 0 bridgehead atoms. The normalized spacial score (nSPS) is 16.7. The van der Waals surface area contributed by atoms with Crippen LogP contribution >= 0.6 is 0 Å². The summed E-state index contributed by atoms with van der Waals surface area (Å²) in [5, 5.41) is 16.1. The molecule has 26 heavy (non-hydrogen) atoms. The van der Waals surface area contributed by atoms with Crippen molar-refractivity contribution in [2.45, 2.75) is 45.9 Å². The number of nitrogens with zero attached hydrogens (tertiary/aromatic N) is 2. The number of hydrogen-bond acceptors (Lipinski definition) is 4. The van der Waals surface area contributed by atoms with Gasteiger partial charge in [0.15, 0.2) is 5.96 Å². The molecule has 0 spiro atoms. The summed E-state index contributed by atoms with van der Waals surface area (Å²) >= 11 is 0. The average molecular weight is 363 g/mol. The quantitative estimate of drug-likeness (QED) is 0.355. The number of guanidine groups is 1. The molecular weight excluding hydrogens is 328 g/mol. The van der Waals surface area contributed by atoms with Gasteiger partial charge in [0, 0.05) is 39.3 Å². The third-order valence-electron chi connectivity index (χ3n) is 4.49. The summed E-state index contributed by atoms with van der Waals surface area (Å²) in [4.78, 5) is 7.04. The Kier molecular flexibility index (Phi) is 9.45. The average Bonchev–Trinajstić information content (AvgIpc) is 2.66. The molecule has 6 nitrogen and oxygen atoms in total. The zero-order valence-corrected chi connectivity index (χ0v) is 16.2. The molecular formula is C20H34N4O2. The van der Waals surface area contributed by atoms with Crippen molar-refractivity contribution in [3.05, 3.63) is 35.4 Å². The summed E-state index contributed by atoms with van der Waals surface area (Å²) < 4.78 is 5.34. The lowest BCUT2D eigenvalue weighted by atomic mass is 10.1. The summed E-state index contributed by atoms with van der Waals surface area (Å²) in [6.07, 6.45) is 1.66. The second-order valence-electron chi connectivity index (χ2n) is 6.64. The number of benzene rings is 1. The van der Waals surface area contributed by atoms with Crippen LogP contribution in [0, 0.1) is 0 Å². The summed E-state index contributed by atoms with van der Waals surface area (Å²) in [6, 6.07) is 8.68. The van der Waals surface area contributed by atoms with Gasteiger partial charge in [0.25, 0.3) is 0 Å². The van der Waals surface area contributed by atoms with Crippen LogP contribution in [0.5, 0.6) is 0 Å². The lowest BCUT2D eigenvalue weighted by Crippen LogP contribution is -2.39. The smallest absolute Gasteiger partial charge is 0.191 e. The van der Waals surface area contributed by atoms with Crippen LogP contribution in [0.15, 0.2) is 29.3 Å². The lowest BCUT2D eigenvalue weighted by Gasteiger charge is -2.29. The van der Waals surface area contributed by atoms with Crippen LogP contribution in [0.1, 0.15) is 37.8 Å². The Hall–Kier alpha value is -1.63. The minimum absolute atomic E-state index is 0.112. The van der Waals surface area contributed by atoms with Crippen molar-refractivity contribution in [3.8, 4) is 0 Å². The Balaban J connectivity index is 1.80. The van der Waals surface area contributed by atoms with Gasteiger partial charge < -0.3 is 20.5 Å². The molecule has 0 saturated carbocycles. The number of aliphatic imine (C=N–C) groups is 1. The highest BCUT2D eigenvalue weighted by atomic mass is 16.5. The standard InChI is InChI=1S/C20H34N4O2/c1-3-21-20(22-11-14-26-4-2)23-15-17-5-7-18(8-6-17)16-24-12-9-19(25)10-13-24/h5-8,19,25H,3-4,9-16H2,1-2H3,(H2,21,22,23). The van der Waals surface area contributed by atoms with E-state index in [1.807, 2.05) is 6.92 Å². The van der Waals surface area contributed by atoms with E-state index >= 15 is 0 Å². The predicted molar refractivity (Wildman–Crippen MR) is 106 cm³/mol. The summed E-state index contributed by atoms with van der Waals surface area (Å²) in [7, 11) is 0. The monoisotopic (exact) mass is 362 g/mol. The highest BCUT2D eigenvalue weighted by Crippen LogP contribution is 2.14. The van der Waals surface area contributed by atoms with Crippen LogP contribution in [0.4, 0.5) is 0 Å². The number of likely N-dealkylation sites (tertiary alicyclic amines) is 1. The van der Waals surface area contributed by atoms with Crippen molar-refractivity contribution < 1.29 is 9.84 Å². The molecule has 146 valence electrons. The second-order valence-corrected chi connectivity index (χ2v) is 6.64. The first-order chi connectivity index (χ1) is 12.7. The third-order valence-corrected chi connectivity index (χ3v) is 4.49. The fraction of sp³-hybridized carbons (Fsp3) is 0.650. The molecule has 1 saturated heterocycles. The van der Waals surface area contributed by atoms with Gasteiger partial charge in [-0.1, -0.05) is 24.3 Å². The van der Waals surface area contributed by atoms with Gasteiger partial charge in [-0.3, -0.25) is 4.90 Å². The van der Waals surface area contributed by atoms with Crippen molar-refractivity contribution in [1.29, 1.82) is 0 Å². The zero-order valence-electron chi connectivity index (χ0n) is 16.2. The molecule has 0 unspecified atom stereocenters. The van der Waals surface area contributed by atoms with E-state index < -0.39 is 0 Å². The molecule has 0 aliphatic carbocycles. The molecule has 1 aromatic rings. The van der Waals surface area contributed by atoms with Gasteiger partial charge in [0.05, 0.1) is 19.3 Å². The Morgan fingerprint density at radius 3 is 2.50 bits per heavy atom. The van der Waals surface area contributed by atoms with Crippen molar-refractivity contribution >= 4 is 5.96 Å². The Labute approximate surface area is 157 Å². The van der Waals surface area contributed by atoms with Gasteiger partial charge in [-0.25, -0.2) is 4.99 Å².